The Hall–Kier alpha value is 0.740. The maximum atomic E-state index is 7.19. The van der Waals surface area contributed by atoms with Crippen LogP contribution in [0.15, 0.2) is 0 Å². The second kappa shape index (κ2) is 8.85. The highest BCUT2D eigenvalue weighted by atomic mass is 31.1. The molecular weight excluding hydrogens is 566 g/mol. The lowest BCUT2D eigenvalue weighted by molar-refractivity contribution is -0.548. The molecule has 13 aliphatic rings. The van der Waals surface area contributed by atoms with Crippen LogP contribution in [0.2, 0.25) is 0 Å². The molecule has 43 heavy (non-hydrogen) atoms. The Bertz CT molecular complexity index is 1040. The van der Waals surface area contributed by atoms with E-state index in [2.05, 4.69) is 36.9 Å². The van der Waals surface area contributed by atoms with Crippen LogP contribution in [0.3, 0.4) is 0 Å². The molecule has 3 nitrogen and oxygen atoms in total. The molecule has 9 aliphatic carbocycles. The molecule has 0 aromatic rings. The zero-order chi connectivity index (χ0) is 29.3. The molecule has 0 amide bonds. The minimum Gasteiger partial charge on any atom is -0.343 e. The van der Waals surface area contributed by atoms with Crippen molar-refractivity contribution < 1.29 is 14.2 Å². The van der Waals surface area contributed by atoms with E-state index in [1.165, 1.54) is 19.3 Å². The molecule has 13 rings (SSSR count). The summed E-state index contributed by atoms with van der Waals surface area (Å²) in [6.45, 7) is 9.40. The number of hydrogen-bond donors (Lipinski definition) is 0. The molecule has 0 aromatic heterocycles. The summed E-state index contributed by atoms with van der Waals surface area (Å²) in [5, 5.41) is 1.47. The van der Waals surface area contributed by atoms with E-state index in [1.54, 1.807) is 83.2 Å². The number of rotatable bonds is 6. The van der Waals surface area contributed by atoms with Crippen LogP contribution < -0.4 is 0 Å². The van der Waals surface area contributed by atoms with Crippen LogP contribution in [0.4, 0.5) is 0 Å². The Morgan fingerprint density at radius 2 is 1.02 bits per heavy atom. The molecule has 240 valence electrons. The fraction of sp³-hybridized carbons (Fsp3) is 1.00. The molecule has 9 saturated carbocycles. The van der Waals surface area contributed by atoms with Crippen LogP contribution in [-0.4, -0.2) is 45.4 Å². The van der Waals surface area contributed by atoms with E-state index in [4.69, 9.17) is 14.2 Å². The molecule has 7 unspecified atom stereocenters. The van der Waals surface area contributed by atoms with E-state index in [-0.39, 0.29) is 24.5 Å². The number of ether oxygens (including phenoxy) is 3. The van der Waals surface area contributed by atoms with E-state index in [0.717, 1.165) is 70.7 Å². The molecule has 4 saturated heterocycles. The van der Waals surface area contributed by atoms with Gasteiger partial charge in [-0.1, -0.05) is 14.3 Å². The van der Waals surface area contributed by atoms with Gasteiger partial charge in [-0.2, -0.15) is 0 Å². The second-order valence-electron chi connectivity index (χ2n) is 19.8. The van der Waals surface area contributed by atoms with Gasteiger partial charge >= 0.3 is 0 Å². The highest BCUT2D eigenvalue weighted by molar-refractivity contribution is 7.61. The maximum absolute atomic E-state index is 7.19. The molecule has 0 radical (unpaired) electrons. The lowest BCUT2D eigenvalue weighted by atomic mass is 9.48. The van der Waals surface area contributed by atoms with Gasteiger partial charge in [-0.05, 0) is 188 Å². The van der Waals surface area contributed by atoms with Crippen LogP contribution >= 0.6 is 17.2 Å². The third-order valence-corrected chi connectivity index (χ3v) is 21.6. The molecule has 12 bridgehead atoms. The second-order valence-corrected chi connectivity index (χ2v) is 23.3. The third-order valence-electron chi connectivity index (χ3n) is 16.7. The Kier molecular flexibility index (Phi) is 5.91. The lowest BCUT2D eigenvalue weighted by Gasteiger charge is -2.76. The van der Waals surface area contributed by atoms with Crippen LogP contribution in [0.25, 0.3) is 0 Å². The van der Waals surface area contributed by atoms with Gasteiger partial charge in [0.2, 0.25) is 0 Å². The van der Waals surface area contributed by atoms with Gasteiger partial charge in [0.05, 0.1) is 11.2 Å². The first-order valence-corrected chi connectivity index (χ1v) is 21.3. The van der Waals surface area contributed by atoms with Crippen molar-refractivity contribution in [3.05, 3.63) is 0 Å². The zero-order valence-electron chi connectivity index (χ0n) is 27.8. The molecule has 13 fully saturated rings. The predicted octanol–water partition coefficient (Wildman–Crippen LogP) is 9.50. The van der Waals surface area contributed by atoms with Gasteiger partial charge in [-0.25, -0.2) is 0 Å². The monoisotopic (exact) mass is 626 g/mol. The summed E-state index contributed by atoms with van der Waals surface area (Å²) in [5.41, 5.74) is -0.350. The smallest absolute Gasteiger partial charge is 0.172 e. The predicted molar refractivity (Wildman–Crippen MR) is 178 cm³/mol. The van der Waals surface area contributed by atoms with Gasteiger partial charge in [0, 0.05) is 18.3 Å². The van der Waals surface area contributed by atoms with Crippen LogP contribution in [0.1, 0.15) is 137 Å². The Balaban J connectivity index is 1.05. The van der Waals surface area contributed by atoms with E-state index in [0.29, 0.717) is 5.92 Å². The van der Waals surface area contributed by atoms with Gasteiger partial charge in [0.15, 0.2) is 11.6 Å². The van der Waals surface area contributed by atoms with Crippen LogP contribution in [0.5, 0.6) is 0 Å². The minimum atomic E-state index is -0.517. The molecule has 4 heterocycles. The van der Waals surface area contributed by atoms with Gasteiger partial charge in [-0.15, -0.1) is 9.24 Å². The Morgan fingerprint density at radius 3 is 1.42 bits per heavy atom. The maximum Gasteiger partial charge on any atom is 0.172 e. The quantitative estimate of drug-likeness (QED) is 0.275. The molecule has 0 spiro atoms. The van der Waals surface area contributed by atoms with Crippen molar-refractivity contribution >= 4 is 17.2 Å². The summed E-state index contributed by atoms with van der Waals surface area (Å²) in [4.78, 5) is 0. The first-order valence-electron chi connectivity index (χ1n) is 19.0. The van der Waals surface area contributed by atoms with Crippen molar-refractivity contribution in [2.45, 2.75) is 170 Å². The van der Waals surface area contributed by atoms with Crippen molar-refractivity contribution in [3.63, 3.8) is 0 Å². The molecule has 4 aliphatic heterocycles. The summed E-state index contributed by atoms with van der Waals surface area (Å²) < 4.78 is 20.9. The van der Waals surface area contributed by atoms with Crippen LogP contribution in [-0.2, 0) is 14.2 Å². The Labute approximate surface area is 265 Å². The normalized spacial score (nSPS) is 64.7. The van der Waals surface area contributed by atoms with E-state index in [9.17, 15) is 0 Å². The van der Waals surface area contributed by atoms with Gasteiger partial charge in [0.25, 0.3) is 0 Å². The minimum absolute atomic E-state index is 0.0237. The highest BCUT2D eigenvalue weighted by Crippen LogP contribution is 2.80. The SMILES string of the molecule is CC12CC3(C)OC(C)(CC(C)(O1)C3(CP)C1CCCC1CP(C13CC4CC(CC(C4)C1)C3)C13CC4CC(CC(C4)C1)C3)O2. The third kappa shape index (κ3) is 3.74. The molecule has 0 aromatic carbocycles. The van der Waals surface area contributed by atoms with Gasteiger partial charge in [-0.3, -0.25) is 0 Å². The molecule has 7 atom stereocenters. The summed E-state index contributed by atoms with van der Waals surface area (Å²) >= 11 is 0. The van der Waals surface area contributed by atoms with E-state index < -0.39 is 11.6 Å². The molecular formula is C38H60O3P2. The highest BCUT2D eigenvalue weighted by Gasteiger charge is 2.79. The number of hydrogen-bond acceptors (Lipinski definition) is 3. The first-order chi connectivity index (χ1) is 20.4. The van der Waals surface area contributed by atoms with E-state index >= 15 is 0 Å². The summed E-state index contributed by atoms with van der Waals surface area (Å²) in [6, 6.07) is 0. The molecule has 0 N–H and O–H groups in total. The standard InChI is InChI=1S/C38H60O3P2/c1-32-21-34(3)40-33(2,22-35(4,39-32)41-34)38(32,23-42)31-7-5-6-30(31)20-43(36-14-24-8-25(15-36)10-26(9-24)16-36)37-17-27-11-28(18-37)13-29(12-27)19-37/h24-31H,5-23,42H2,1-4H3. The Morgan fingerprint density at radius 1 is 0.605 bits per heavy atom. The van der Waals surface area contributed by atoms with Gasteiger partial charge < -0.3 is 14.2 Å². The molecule has 5 heteroatoms. The first kappa shape index (κ1) is 28.7. The fourth-order valence-electron chi connectivity index (χ4n) is 17.1. The average molecular weight is 627 g/mol. The summed E-state index contributed by atoms with van der Waals surface area (Å²) in [7, 11) is 3.30. The van der Waals surface area contributed by atoms with Crippen LogP contribution in [0, 0.1) is 52.8 Å². The van der Waals surface area contributed by atoms with Crippen molar-refractivity contribution in [2.24, 2.45) is 52.8 Å². The lowest BCUT2D eigenvalue weighted by Crippen LogP contribution is -2.83. The van der Waals surface area contributed by atoms with Crippen molar-refractivity contribution in [1.29, 1.82) is 0 Å². The zero-order valence-corrected chi connectivity index (χ0v) is 29.9. The topological polar surface area (TPSA) is 27.7 Å². The van der Waals surface area contributed by atoms with Crippen molar-refractivity contribution in [2.75, 3.05) is 12.3 Å². The fourth-order valence-corrected chi connectivity index (χ4v) is 23.9. The van der Waals surface area contributed by atoms with Crippen molar-refractivity contribution in [3.8, 4) is 0 Å². The summed E-state index contributed by atoms with van der Waals surface area (Å²) in [5.74, 6) is 6.99. The largest absolute Gasteiger partial charge is 0.343 e. The summed E-state index contributed by atoms with van der Waals surface area (Å²) in [6.07, 6.45) is 28.1. The average Bonchev–Trinajstić information content (AvgIpc) is 3.31. The van der Waals surface area contributed by atoms with Gasteiger partial charge in [0.1, 0.15) is 0 Å². The van der Waals surface area contributed by atoms with E-state index in [1.807, 2.05) is 0 Å². The van der Waals surface area contributed by atoms with Crippen molar-refractivity contribution in [1.82, 2.24) is 0 Å².